The maximum atomic E-state index is 2.44. The summed E-state index contributed by atoms with van der Waals surface area (Å²) in [5.74, 6) is 0. The van der Waals surface area contributed by atoms with E-state index >= 15 is 0 Å². The summed E-state index contributed by atoms with van der Waals surface area (Å²) in [7, 11) is 0. The summed E-state index contributed by atoms with van der Waals surface area (Å²) >= 11 is 0. The molecule has 0 amide bonds. The Morgan fingerprint density at radius 1 is 0.354 bits per heavy atom. The largest absolute Gasteiger partial charge is 0.310 e. The first-order valence-corrected chi connectivity index (χ1v) is 16.6. The van der Waals surface area contributed by atoms with Crippen LogP contribution in [-0.4, -0.2) is 0 Å². The van der Waals surface area contributed by atoms with Crippen molar-refractivity contribution in [3.05, 3.63) is 222 Å². The molecule has 0 heterocycles. The molecule has 8 aromatic rings. The SMILES string of the molecule is c1ccc(-c2ccc3ccc(N(c4ccccc4)c4cccc5c4-c4ccccc4C5(c4ccccc4)c4ccccc4)cc3c2)cc1. The van der Waals surface area contributed by atoms with Crippen molar-refractivity contribution in [2.45, 2.75) is 5.41 Å². The molecule has 1 nitrogen and oxygen atoms in total. The van der Waals surface area contributed by atoms with E-state index in [1.54, 1.807) is 0 Å². The lowest BCUT2D eigenvalue weighted by atomic mass is 9.68. The average molecular weight is 612 g/mol. The Balaban J connectivity index is 1.32. The molecule has 0 fully saturated rings. The van der Waals surface area contributed by atoms with Gasteiger partial charge in [0, 0.05) is 16.9 Å². The Hall–Kier alpha value is -6.18. The second-order valence-corrected chi connectivity index (χ2v) is 12.5. The van der Waals surface area contributed by atoms with Gasteiger partial charge >= 0.3 is 0 Å². The van der Waals surface area contributed by atoms with E-state index in [1.165, 1.54) is 61.0 Å². The maximum Gasteiger partial charge on any atom is 0.0714 e. The molecule has 1 heteroatoms. The summed E-state index contributed by atoms with van der Waals surface area (Å²) in [6.07, 6.45) is 0. The van der Waals surface area contributed by atoms with Crippen LogP contribution in [0.5, 0.6) is 0 Å². The van der Waals surface area contributed by atoms with Gasteiger partial charge in [-0.25, -0.2) is 0 Å². The summed E-state index contributed by atoms with van der Waals surface area (Å²) in [5, 5.41) is 2.44. The van der Waals surface area contributed by atoms with Crippen molar-refractivity contribution >= 4 is 27.8 Å². The molecule has 0 saturated heterocycles. The average Bonchev–Trinajstić information content (AvgIpc) is 3.48. The summed E-state index contributed by atoms with van der Waals surface area (Å²) in [6.45, 7) is 0. The van der Waals surface area contributed by atoms with Gasteiger partial charge in [0.05, 0.1) is 11.1 Å². The molecule has 0 N–H and O–H groups in total. The Kier molecular flexibility index (Phi) is 6.76. The quantitative estimate of drug-likeness (QED) is 0.181. The number of para-hydroxylation sites is 1. The van der Waals surface area contributed by atoms with Crippen LogP contribution in [0.2, 0.25) is 0 Å². The second-order valence-electron chi connectivity index (χ2n) is 12.5. The van der Waals surface area contributed by atoms with E-state index in [0.717, 1.165) is 11.4 Å². The molecule has 1 aliphatic rings. The molecule has 9 rings (SSSR count). The van der Waals surface area contributed by atoms with E-state index in [4.69, 9.17) is 0 Å². The van der Waals surface area contributed by atoms with Gasteiger partial charge in [-0.15, -0.1) is 0 Å². The maximum absolute atomic E-state index is 2.44. The lowest BCUT2D eigenvalue weighted by molar-refractivity contribution is 0.768. The van der Waals surface area contributed by atoms with Crippen molar-refractivity contribution < 1.29 is 0 Å². The highest BCUT2D eigenvalue weighted by Crippen LogP contribution is 2.59. The molecule has 0 radical (unpaired) electrons. The van der Waals surface area contributed by atoms with E-state index in [9.17, 15) is 0 Å². The molecule has 226 valence electrons. The molecule has 0 spiro atoms. The monoisotopic (exact) mass is 611 g/mol. The molecular weight excluding hydrogens is 579 g/mol. The summed E-state index contributed by atoms with van der Waals surface area (Å²) in [5.41, 5.74) is 13.1. The number of anilines is 3. The van der Waals surface area contributed by atoms with Gasteiger partial charge in [-0.1, -0.05) is 164 Å². The number of fused-ring (bicyclic) bond motifs is 4. The highest BCUT2D eigenvalue weighted by molar-refractivity contribution is 5.99. The molecule has 48 heavy (non-hydrogen) atoms. The number of nitrogens with zero attached hydrogens (tertiary/aromatic N) is 1. The minimum Gasteiger partial charge on any atom is -0.310 e. The van der Waals surface area contributed by atoms with Crippen LogP contribution in [-0.2, 0) is 5.41 Å². The third-order valence-corrected chi connectivity index (χ3v) is 9.90. The Morgan fingerprint density at radius 2 is 0.938 bits per heavy atom. The predicted molar refractivity (Wildman–Crippen MR) is 201 cm³/mol. The van der Waals surface area contributed by atoms with Crippen LogP contribution in [0.15, 0.2) is 200 Å². The minimum atomic E-state index is -0.458. The van der Waals surface area contributed by atoms with E-state index in [-0.39, 0.29) is 0 Å². The van der Waals surface area contributed by atoms with Crippen LogP contribution in [0.25, 0.3) is 33.0 Å². The summed E-state index contributed by atoms with van der Waals surface area (Å²) in [4.78, 5) is 2.44. The number of rotatable bonds is 6. The topological polar surface area (TPSA) is 3.24 Å². The second kappa shape index (κ2) is 11.6. The molecule has 8 aromatic carbocycles. The Labute approximate surface area is 282 Å². The van der Waals surface area contributed by atoms with E-state index < -0.39 is 5.41 Å². The fraction of sp³-hybridized carbons (Fsp3) is 0.0213. The zero-order chi connectivity index (χ0) is 31.9. The summed E-state index contributed by atoms with van der Waals surface area (Å²) < 4.78 is 0. The zero-order valence-corrected chi connectivity index (χ0v) is 26.5. The van der Waals surface area contributed by atoms with Gasteiger partial charge in [-0.05, 0) is 86.1 Å². The third kappa shape index (κ3) is 4.40. The molecule has 0 unspecified atom stereocenters. The highest BCUT2D eigenvalue weighted by Gasteiger charge is 2.47. The first kappa shape index (κ1) is 28.1. The van der Waals surface area contributed by atoms with Crippen LogP contribution in [0.4, 0.5) is 17.1 Å². The fourth-order valence-corrected chi connectivity index (χ4v) is 7.85. The lowest BCUT2D eigenvalue weighted by Gasteiger charge is -2.34. The summed E-state index contributed by atoms with van der Waals surface area (Å²) in [6, 6.07) is 73.0. The highest BCUT2D eigenvalue weighted by atomic mass is 15.1. The van der Waals surface area contributed by atoms with Crippen LogP contribution >= 0.6 is 0 Å². The smallest absolute Gasteiger partial charge is 0.0714 e. The van der Waals surface area contributed by atoms with Gasteiger partial charge in [-0.2, -0.15) is 0 Å². The van der Waals surface area contributed by atoms with Crippen LogP contribution < -0.4 is 4.90 Å². The van der Waals surface area contributed by atoms with Gasteiger partial charge in [0.15, 0.2) is 0 Å². The van der Waals surface area contributed by atoms with Crippen LogP contribution in [0.3, 0.4) is 0 Å². The van der Waals surface area contributed by atoms with Gasteiger partial charge in [0.2, 0.25) is 0 Å². The normalized spacial score (nSPS) is 12.8. The first-order valence-electron chi connectivity index (χ1n) is 16.6. The zero-order valence-electron chi connectivity index (χ0n) is 26.5. The predicted octanol–water partition coefficient (Wildman–Crippen LogP) is 12.3. The first-order chi connectivity index (χ1) is 23.8. The van der Waals surface area contributed by atoms with E-state index in [1.807, 2.05) is 0 Å². The van der Waals surface area contributed by atoms with Gasteiger partial charge < -0.3 is 4.90 Å². The molecular formula is C47H33N. The molecule has 0 atom stereocenters. The third-order valence-electron chi connectivity index (χ3n) is 9.90. The Morgan fingerprint density at radius 3 is 1.65 bits per heavy atom. The van der Waals surface area contributed by atoms with Crippen molar-refractivity contribution in [2.75, 3.05) is 4.90 Å². The molecule has 0 aliphatic heterocycles. The van der Waals surface area contributed by atoms with E-state index in [2.05, 4.69) is 205 Å². The molecule has 0 saturated carbocycles. The standard InChI is InChI=1S/C47H33N/c1-5-16-34(17-6-1)36-29-28-35-30-31-41(33-37(35)32-36)48(40-22-11-4-12-23-40)45-27-15-26-44-46(45)42-24-13-14-25-43(42)47(44,38-18-7-2-8-19-38)39-20-9-3-10-21-39/h1-33H. The molecule has 1 aliphatic carbocycles. The van der Waals surface area contributed by atoms with Gasteiger partial charge in [0.25, 0.3) is 0 Å². The lowest BCUT2D eigenvalue weighted by Crippen LogP contribution is -2.28. The van der Waals surface area contributed by atoms with Gasteiger partial charge in [-0.3, -0.25) is 0 Å². The number of benzene rings is 8. The van der Waals surface area contributed by atoms with Crippen molar-refractivity contribution in [3.63, 3.8) is 0 Å². The van der Waals surface area contributed by atoms with Crippen molar-refractivity contribution in [1.82, 2.24) is 0 Å². The molecule has 0 aromatic heterocycles. The number of hydrogen-bond acceptors (Lipinski definition) is 1. The van der Waals surface area contributed by atoms with Crippen molar-refractivity contribution in [2.24, 2.45) is 0 Å². The number of hydrogen-bond donors (Lipinski definition) is 0. The van der Waals surface area contributed by atoms with Crippen molar-refractivity contribution in [1.29, 1.82) is 0 Å². The van der Waals surface area contributed by atoms with Crippen LogP contribution in [0.1, 0.15) is 22.3 Å². The van der Waals surface area contributed by atoms with Crippen molar-refractivity contribution in [3.8, 4) is 22.3 Å². The minimum absolute atomic E-state index is 0.458. The van der Waals surface area contributed by atoms with E-state index in [0.29, 0.717) is 0 Å². The molecule has 0 bridgehead atoms. The van der Waals surface area contributed by atoms with Gasteiger partial charge in [0.1, 0.15) is 0 Å². The Bertz CT molecular complexity index is 2340. The fourth-order valence-electron chi connectivity index (χ4n) is 7.85. The van der Waals surface area contributed by atoms with Crippen LogP contribution in [0, 0.1) is 0 Å².